The van der Waals surface area contributed by atoms with Crippen LogP contribution in [0, 0.1) is 0 Å². The quantitative estimate of drug-likeness (QED) is 0.439. The Hall–Kier alpha value is -3.58. The number of carbonyl (C=O) groups excluding carboxylic acids is 2. The SMILES string of the molecule is CCN(CC)CCCNC(=O)c1cccc(Cc2cccc(C(=O)Nc3ccncc3)c2)n1. The number of carbonyl (C=O) groups is 2. The first-order chi connectivity index (χ1) is 16.1. The van der Waals surface area contributed by atoms with E-state index in [1.807, 2.05) is 30.3 Å². The third kappa shape index (κ3) is 7.50. The lowest BCUT2D eigenvalue weighted by molar-refractivity contribution is 0.0946. The minimum Gasteiger partial charge on any atom is -0.351 e. The summed E-state index contributed by atoms with van der Waals surface area (Å²) in [5, 5.41) is 5.82. The molecule has 0 atom stereocenters. The molecule has 0 fully saturated rings. The molecule has 3 aromatic rings. The lowest BCUT2D eigenvalue weighted by Crippen LogP contribution is -2.30. The van der Waals surface area contributed by atoms with E-state index in [0.717, 1.165) is 37.3 Å². The molecule has 0 saturated carbocycles. The Kier molecular flexibility index (Phi) is 9.08. The van der Waals surface area contributed by atoms with Gasteiger partial charge in [-0.2, -0.15) is 0 Å². The molecule has 0 aliphatic rings. The Balaban J connectivity index is 1.58. The molecule has 2 amide bonds. The van der Waals surface area contributed by atoms with Gasteiger partial charge in [0.25, 0.3) is 11.8 Å². The predicted molar refractivity (Wildman–Crippen MR) is 130 cm³/mol. The topological polar surface area (TPSA) is 87.2 Å². The summed E-state index contributed by atoms with van der Waals surface area (Å²) in [6.45, 7) is 7.89. The Morgan fingerprint density at radius 2 is 1.70 bits per heavy atom. The molecule has 0 spiro atoms. The van der Waals surface area contributed by atoms with Crippen LogP contribution >= 0.6 is 0 Å². The van der Waals surface area contributed by atoms with Gasteiger partial charge in [-0.3, -0.25) is 14.6 Å². The lowest BCUT2D eigenvalue weighted by atomic mass is 10.1. The van der Waals surface area contributed by atoms with E-state index in [2.05, 4.69) is 39.3 Å². The largest absolute Gasteiger partial charge is 0.351 e. The molecule has 3 rings (SSSR count). The highest BCUT2D eigenvalue weighted by molar-refractivity contribution is 6.04. The summed E-state index contributed by atoms with van der Waals surface area (Å²) >= 11 is 0. The van der Waals surface area contributed by atoms with Crippen LogP contribution in [0.4, 0.5) is 5.69 Å². The summed E-state index contributed by atoms with van der Waals surface area (Å²) in [7, 11) is 0. The van der Waals surface area contributed by atoms with Crippen molar-refractivity contribution in [1.82, 2.24) is 20.2 Å². The van der Waals surface area contributed by atoms with E-state index in [1.165, 1.54) is 0 Å². The van der Waals surface area contributed by atoms with Crippen LogP contribution in [-0.4, -0.2) is 52.9 Å². The second-order valence-electron chi connectivity index (χ2n) is 7.72. The van der Waals surface area contributed by atoms with Crippen LogP contribution < -0.4 is 10.6 Å². The molecule has 7 heteroatoms. The fourth-order valence-electron chi connectivity index (χ4n) is 3.51. The van der Waals surface area contributed by atoms with Crippen molar-refractivity contribution in [1.29, 1.82) is 0 Å². The van der Waals surface area contributed by atoms with Crippen molar-refractivity contribution in [3.05, 3.63) is 89.5 Å². The molecule has 1 aromatic carbocycles. The molecule has 2 aromatic heterocycles. The lowest BCUT2D eigenvalue weighted by Gasteiger charge is -2.17. The average Bonchev–Trinajstić information content (AvgIpc) is 2.85. The number of pyridine rings is 2. The highest BCUT2D eigenvalue weighted by Crippen LogP contribution is 2.13. The molecular formula is C26H31N5O2. The first-order valence-corrected chi connectivity index (χ1v) is 11.4. The number of amides is 2. The van der Waals surface area contributed by atoms with Crippen molar-refractivity contribution in [2.75, 3.05) is 31.5 Å². The number of nitrogens with zero attached hydrogens (tertiary/aromatic N) is 3. The van der Waals surface area contributed by atoms with Crippen molar-refractivity contribution in [3.63, 3.8) is 0 Å². The van der Waals surface area contributed by atoms with E-state index in [0.29, 0.717) is 29.9 Å². The van der Waals surface area contributed by atoms with E-state index in [4.69, 9.17) is 0 Å². The van der Waals surface area contributed by atoms with Crippen molar-refractivity contribution < 1.29 is 9.59 Å². The zero-order valence-electron chi connectivity index (χ0n) is 19.3. The standard InChI is InChI=1S/C26H31N5O2/c1-3-31(4-2)17-7-14-28-26(33)24-11-6-10-23(29-24)19-20-8-5-9-21(18-20)25(32)30-22-12-15-27-16-13-22/h5-6,8-13,15-16,18H,3-4,7,14,17,19H2,1-2H3,(H,28,33)(H,27,30,32). The van der Waals surface area contributed by atoms with Gasteiger partial charge in [0.2, 0.25) is 0 Å². The van der Waals surface area contributed by atoms with Crippen molar-refractivity contribution in [2.45, 2.75) is 26.7 Å². The van der Waals surface area contributed by atoms with Gasteiger partial charge in [-0.05, 0) is 68.0 Å². The van der Waals surface area contributed by atoms with Gasteiger partial charge in [0.15, 0.2) is 0 Å². The smallest absolute Gasteiger partial charge is 0.269 e. The Morgan fingerprint density at radius 1 is 0.939 bits per heavy atom. The van der Waals surface area contributed by atoms with Crippen LogP contribution in [0.1, 0.15) is 52.4 Å². The van der Waals surface area contributed by atoms with E-state index < -0.39 is 0 Å². The van der Waals surface area contributed by atoms with Crippen LogP contribution in [0.3, 0.4) is 0 Å². The van der Waals surface area contributed by atoms with Crippen molar-refractivity contribution in [2.24, 2.45) is 0 Å². The minimum atomic E-state index is -0.186. The number of nitrogens with one attached hydrogen (secondary N) is 2. The van der Waals surface area contributed by atoms with Gasteiger partial charge in [-0.25, -0.2) is 4.98 Å². The van der Waals surface area contributed by atoms with Gasteiger partial charge in [0.1, 0.15) is 5.69 Å². The summed E-state index contributed by atoms with van der Waals surface area (Å²) in [5.74, 6) is -0.351. The molecule has 2 N–H and O–H groups in total. The summed E-state index contributed by atoms with van der Waals surface area (Å²) in [6, 6.07) is 16.4. The van der Waals surface area contributed by atoms with E-state index >= 15 is 0 Å². The second-order valence-corrected chi connectivity index (χ2v) is 7.72. The van der Waals surface area contributed by atoms with Crippen molar-refractivity contribution in [3.8, 4) is 0 Å². The summed E-state index contributed by atoms with van der Waals surface area (Å²) in [4.78, 5) is 35.9. The fourth-order valence-corrected chi connectivity index (χ4v) is 3.51. The van der Waals surface area contributed by atoms with E-state index in [9.17, 15) is 9.59 Å². The van der Waals surface area contributed by atoms with Crippen LogP contribution in [0.5, 0.6) is 0 Å². The van der Waals surface area contributed by atoms with Crippen LogP contribution in [-0.2, 0) is 6.42 Å². The molecular weight excluding hydrogens is 414 g/mol. The van der Waals surface area contributed by atoms with Gasteiger partial charge in [-0.1, -0.05) is 32.0 Å². The third-order valence-corrected chi connectivity index (χ3v) is 5.38. The third-order valence-electron chi connectivity index (χ3n) is 5.38. The minimum absolute atomic E-state index is 0.165. The molecule has 0 saturated heterocycles. The zero-order valence-corrected chi connectivity index (χ0v) is 19.3. The first-order valence-electron chi connectivity index (χ1n) is 11.4. The fraction of sp³-hybridized carbons (Fsp3) is 0.308. The molecule has 0 unspecified atom stereocenters. The highest BCUT2D eigenvalue weighted by Gasteiger charge is 2.10. The number of benzene rings is 1. The second kappa shape index (κ2) is 12.5. The van der Waals surface area contributed by atoms with Crippen molar-refractivity contribution >= 4 is 17.5 Å². The molecule has 172 valence electrons. The van der Waals surface area contributed by atoms with Gasteiger partial charge in [0, 0.05) is 42.3 Å². The number of hydrogen-bond donors (Lipinski definition) is 2. The van der Waals surface area contributed by atoms with E-state index in [-0.39, 0.29) is 11.8 Å². The Morgan fingerprint density at radius 3 is 2.45 bits per heavy atom. The van der Waals surface area contributed by atoms with Crippen LogP contribution in [0.2, 0.25) is 0 Å². The number of hydrogen-bond acceptors (Lipinski definition) is 5. The maximum absolute atomic E-state index is 12.6. The molecule has 0 aliphatic heterocycles. The first kappa shape index (κ1) is 24.1. The molecule has 2 heterocycles. The van der Waals surface area contributed by atoms with E-state index in [1.54, 1.807) is 36.7 Å². The normalized spacial score (nSPS) is 10.8. The maximum Gasteiger partial charge on any atom is 0.269 e. The summed E-state index contributed by atoms with van der Waals surface area (Å²) in [6.07, 6.45) is 4.69. The monoisotopic (exact) mass is 445 g/mol. The van der Waals surface area contributed by atoms with Crippen LogP contribution in [0.25, 0.3) is 0 Å². The van der Waals surface area contributed by atoms with Gasteiger partial charge < -0.3 is 15.5 Å². The predicted octanol–water partition coefficient (Wildman–Crippen LogP) is 3.78. The van der Waals surface area contributed by atoms with Gasteiger partial charge in [0.05, 0.1) is 0 Å². The molecule has 0 radical (unpaired) electrons. The summed E-state index contributed by atoms with van der Waals surface area (Å²) in [5.41, 5.74) is 3.38. The molecule has 0 bridgehead atoms. The molecule has 0 aliphatic carbocycles. The Bertz CT molecular complexity index is 1050. The average molecular weight is 446 g/mol. The molecule has 33 heavy (non-hydrogen) atoms. The molecule has 7 nitrogen and oxygen atoms in total. The number of rotatable bonds is 11. The number of anilines is 1. The highest BCUT2D eigenvalue weighted by atomic mass is 16.2. The van der Waals surface area contributed by atoms with Gasteiger partial charge in [-0.15, -0.1) is 0 Å². The Labute approximate surface area is 195 Å². The number of aromatic nitrogens is 2. The van der Waals surface area contributed by atoms with Gasteiger partial charge >= 0.3 is 0 Å². The van der Waals surface area contributed by atoms with Crippen LogP contribution in [0.15, 0.2) is 67.0 Å². The summed E-state index contributed by atoms with van der Waals surface area (Å²) < 4.78 is 0. The zero-order chi connectivity index (χ0) is 23.5. The maximum atomic E-state index is 12.6.